The fraction of sp³-hybridized carbons (Fsp3) is 0.500. The Morgan fingerprint density at radius 2 is 1.90 bits per heavy atom. The van der Waals surface area contributed by atoms with Crippen LogP contribution in [0.15, 0.2) is 18.2 Å². The molecule has 0 aliphatic carbocycles. The number of hydrogen-bond donors (Lipinski definition) is 1. The summed E-state index contributed by atoms with van der Waals surface area (Å²) in [6.07, 6.45) is 2.91. The van der Waals surface area contributed by atoms with Gasteiger partial charge in [0.1, 0.15) is 0 Å². The number of aryl methyl sites for hydroxylation is 3. The second-order valence-electron chi connectivity index (χ2n) is 5.71. The average molecular weight is 285 g/mol. The Labute approximate surface area is 128 Å². The predicted molar refractivity (Wildman–Crippen MR) is 88.8 cm³/mol. The molecule has 1 heterocycles. The van der Waals surface area contributed by atoms with Gasteiger partial charge in [0.05, 0.1) is 12.2 Å². The van der Waals surface area contributed by atoms with E-state index in [0.717, 1.165) is 25.8 Å². The van der Waals surface area contributed by atoms with Crippen molar-refractivity contribution in [1.29, 1.82) is 0 Å². The Balaban J connectivity index is 2.41. The summed E-state index contributed by atoms with van der Waals surface area (Å²) in [4.78, 5) is 0. The summed E-state index contributed by atoms with van der Waals surface area (Å²) in [5, 5.41) is 4.85. The zero-order chi connectivity index (χ0) is 15.4. The van der Waals surface area contributed by atoms with Crippen LogP contribution in [0.1, 0.15) is 47.5 Å². The van der Waals surface area contributed by atoms with Crippen molar-refractivity contribution in [3.63, 3.8) is 0 Å². The van der Waals surface area contributed by atoms with Gasteiger partial charge in [-0.15, -0.1) is 0 Å². The van der Waals surface area contributed by atoms with E-state index in [4.69, 9.17) is 10.8 Å². The quantitative estimate of drug-likeness (QED) is 0.886. The first kappa shape index (κ1) is 15.8. The molecule has 21 heavy (non-hydrogen) atoms. The van der Waals surface area contributed by atoms with Crippen molar-refractivity contribution < 1.29 is 0 Å². The Kier molecular flexibility index (Phi) is 5.18. The van der Waals surface area contributed by atoms with Crippen LogP contribution < -0.4 is 5.73 Å². The fourth-order valence-electron chi connectivity index (χ4n) is 2.96. The third-order valence-corrected chi connectivity index (χ3v) is 4.14. The molecule has 0 saturated carbocycles. The second kappa shape index (κ2) is 6.90. The highest BCUT2D eigenvalue weighted by Gasteiger charge is 2.15. The Hall–Kier alpha value is -1.61. The molecule has 1 aromatic carbocycles. The Bertz CT molecular complexity index is 611. The maximum absolute atomic E-state index is 5.78. The molecular weight excluding hydrogens is 258 g/mol. The largest absolute Gasteiger partial charge is 0.330 e. The molecule has 2 rings (SSSR count). The summed E-state index contributed by atoms with van der Waals surface area (Å²) in [5.41, 5.74) is 13.7. The summed E-state index contributed by atoms with van der Waals surface area (Å²) in [5.74, 6) is 0. The minimum Gasteiger partial charge on any atom is -0.330 e. The van der Waals surface area contributed by atoms with Gasteiger partial charge in [0.2, 0.25) is 0 Å². The van der Waals surface area contributed by atoms with Gasteiger partial charge in [-0.1, -0.05) is 37.6 Å². The van der Waals surface area contributed by atoms with E-state index >= 15 is 0 Å². The maximum atomic E-state index is 5.78. The third-order valence-electron chi connectivity index (χ3n) is 4.14. The molecule has 2 N–H and O–H groups in total. The van der Waals surface area contributed by atoms with E-state index in [0.29, 0.717) is 6.54 Å². The molecule has 0 aliphatic heterocycles. The van der Waals surface area contributed by atoms with E-state index < -0.39 is 0 Å². The summed E-state index contributed by atoms with van der Waals surface area (Å²) in [6.45, 7) is 10.2. The molecule has 0 atom stereocenters. The molecule has 1 aromatic heterocycles. The summed E-state index contributed by atoms with van der Waals surface area (Å²) in [7, 11) is 0. The van der Waals surface area contributed by atoms with Gasteiger partial charge in [-0.3, -0.25) is 4.68 Å². The number of aromatic nitrogens is 2. The lowest BCUT2D eigenvalue weighted by atomic mass is 10.0. The molecule has 3 nitrogen and oxygen atoms in total. The van der Waals surface area contributed by atoms with Crippen molar-refractivity contribution >= 4 is 0 Å². The zero-order valence-corrected chi connectivity index (χ0v) is 13.7. The number of nitrogens with zero attached hydrogens (tertiary/aromatic N) is 2. The number of benzene rings is 1. The lowest BCUT2D eigenvalue weighted by Crippen LogP contribution is -2.09. The standard InChI is InChI=1S/C18H27N3/c1-5-17-16(9-10-19)18(6-2)21(20-17)12-15-11-13(3)7-8-14(15)4/h7-8,11H,5-6,9-10,12,19H2,1-4H3. The van der Waals surface area contributed by atoms with Gasteiger partial charge in [0.15, 0.2) is 0 Å². The molecule has 0 radical (unpaired) electrons. The van der Waals surface area contributed by atoms with Gasteiger partial charge >= 0.3 is 0 Å². The molecule has 0 saturated heterocycles. The monoisotopic (exact) mass is 285 g/mol. The van der Waals surface area contributed by atoms with Crippen LogP contribution in [0.4, 0.5) is 0 Å². The summed E-state index contributed by atoms with van der Waals surface area (Å²) < 4.78 is 2.19. The molecule has 0 unspecified atom stereocenters. The molecular formula is C18H27N3. The second-order valence-corrected chi connectivity index (χ2v) is 5.71. The van der Waals surface area contributed by atoms with Crippen molar-refractivity contribution in [2.45, 2.75) is 53.5 Å². The van der Waals surface area contributed by atoms with E-state index in [2.05, 4.69) is 50.6 Å². The van der Waals surface area contributed by atoms with Crippen LogP contribution >= 0.6 is 0 Å². The van der Waals surface area contributed by atoms with Crippen LogP contribution in [-0.4, -0.2) is 16.3 Å². The summed E-state index contributed by atoms with van der Waals surface area (Å²) in [6, 6.07) is 6.63. The molecule has 114 valence electrons. The van der Waals surface area contributed by atoms with Crippen LogP contribution in [0.3, 0.4) is 0 Å². The molecule has 2 aromatic rings. The van der Waals surface area contributed by atoms with Crippen molar-refractivity contribution in [2.75, 3.05) is 6.54 Å². The first-order valence-corrected chi connectivity index (χ1v) is 7.94. The normalized spacial score (nSPS) is 11.1. The zero-order valence-electron chi connectivity index (χ0n) is 13.7. The average Bonchev–Trinajstić information content (AvgIpc) is 2.80. The lowest BCUT2D eigenvalue weighted by Gasteiger charge is -2.11. The summed E-state index contributed by atoms with van der Waals surface area (Å²) >= 11 is 0. The lowest BCUT2D eigenvalue weighted by molar-refractivity contribution is 0.637. The van der Waals surface area contributed by atoms with Crippen LogP contribution in [0.5, 0.6) is 0 Å². The maximum Gasteiger partial charge on any atom is 0.0665 e. The Morgan fingerprint density at radius 3 is 2.52 bits per heavy atom. The first-order chi connectivity index (χ1) is 10.1. The Morgan fingerprint density at radius 1 is 1.14 bits per heavy atom. The van der Waals surface area contributed by atoms with Crippen molar-refractivity contribution in [1.82, 2.24) is 9.78 Å². The number of nitrogens with two attached hydrogens (primary N) is 1. The molecule has 3 heteroatoms. The first-order valence-electron chi connectivity index (χ1n) is 7.94. The SMILES string of the molecule is CCc1nn(Cc2cc(C)ccc2C)c(CC)c1CCN. The van der Waals surface area contributed by atoms with Gasteiger partial charge < -0.3 is 5.73 Å². The fourth-order valence-corrected chi connectivity index (χ4v) is 2.96. The minimum absolute atomic E-state index is 0.690. The van der Waals surface area contributed by atoms with Gasteiger partial charge in [0, 0.05) is 5.69 Å². The molecule has 0 bridgehead atoms. The molecule has 0 fully saturated rings. The highest BCUT2D eigenvalue weighted by molar-refractivity contribution is 5.33. The van der Waals surface area contributed by atoms with E-state index in [1.54, 1.807) is 0 Å². The molecule has 0 spiro atoms. The van der Waals surface area contributed by atoms with Crippen LogP contribution in [-0.2, 0) is 25.8 Å². The van der Waals surface area contributed by atoms with Crippen molar-refractivity contribution in [3.8, 4) is 0 Å². The van der Waals surface area contributed by atoms with E-state index in [-0.39, 0.29) is 0 Å². The van der Waals surface area contributed by atoms with Crippen LogP contribution in [0, 0.1) is 13.8 Å². The topological polar surface area (TPSA) is 43.8 Å². The van der Waals surface area contributed by atoms with E-state index in [9.17, 15) is 0 Å². The van der Waals surface area contributed by atoms with Gasteiger partial charge in [0.25, 0.3) is 0 Å². The molecule has 0 amide bonds. The van der Waals surface area contributed by atoms with Crippen molar-refractivity contribution in [3.05, 3.63) is 51.8 Å². The molecule has 0 aliphatic rings. The predicted octanol–water partition coefficient (Wildman–Crippen LogP) is 3.17. The van der Waals surface area contributed by atoms with Crippen LogP contribution in [0.25, 0.3) is 0 Å². The number of hydrogen-bond acceptors (Lipinski definition) is 2. The number of rotatable bonds is 6. The smallest absolute Gasteiger partial charge is 0.0665 e. The van der Waals surface area contributed by atoms with Gasteiger partial charge in [-0.25, -0.2) is 0 Å². The third kappa shape index (κ3) is 3.35. The van der Waals surface area contributed by atoms with Gasteiger partial charge in [-0.2, -0.15) is 5.10 Å². The highest BCUT2D eigenvalue weighted by Crippen LogP contribution is 2.20. The van der Waals surface area contributed by atoms with Crippen LogP contribution in [0.2, 0.25) is 0 Å². The van der Waals surface area contributed by atoms with Crippen molar-refractivity contribution in [2.24, 2.45) is 5.73 Å². The highest BCUT2D eigenvalue weighted by atomic mass is 15.3. The van der Waals surface area contributed by atoms with Gasteiger partial charge in [-0.05, 0) is 56.3 Å². The van der Waals surface area contributed by atoms with E-state index in [1.807, 2.05) is 0 Å². The van der Waals surface area contributed by atoms with E-state index in [1.165, 1.54) is 33.6 Å². The minimum atomic E-state index is 0.690.